The molecule has 3 aliphatic rings. The number of carbonyl (C=O) groups excluding carboxylic acids is 3. The Bertz CT molecular complexity index is 1120. The number of barbiturate groups is 1. The normalized spacial score (nSPS) is 24.1. The lowest BCUT2D eigenvalue weighted by Gasteiger charge is -2.55. The maximum absolute atomic E-state index is 13.9. The van der Waals surface area contributed by atoms with E-state index in [2.05, 4.69) is 15.1 Å². The van der Waals surface area contributed by atoms with E-state index in [1.54, 1.807) is 7.11 Å². The number of para-hydroxylation sites is 1. The van der Waals surface area contributed by atoms with Crippen LogP contribution in [0.4, 0.5) is 16.2 Å². The van der Waals surface area contributed by atoms with Crippen molar-refractivity contribution in [1.29, 1.82) is 0 Å². The van der Waals surface area contributed by atoms with Crippen molar-refractivity contribution in [2.45, 2.75) is 12.5 Å². The van der Waals surface area contributed by atoms with Crippen LogP contribution in [-0.4, -0.2) is 75.8 Å². The maximum Gasteiger partial charge on any atom is 0.330 e. The van der Waals surface area contributed by atoms with Gasteiger partial charge in [0.2, 0.25) is 11.8 Å². The Labute approximate surface area is 198 Å². The van der Waals surface area contributed by atoms with E-state index in [1.165, 1.54) is 7.11 Å². The molecule has 34 heavy (non-hydrogen) atoms. The number of fused-ring (bicyclic) bond motifs is 4. The number of carbonyl (C=O) groups is 3. The smallest absolute Gasteiger partial charge is 0.330 e. The van der Waals surface area contributed by atoms with Crippen LogP contribution in [0.25, 0.3) is 0 Å². The maximum atomic E-state index is 13.9. The van der Waals surface area contributed by atoms with Crippen LogP contribution in [0, 0.1) is 5.41 Å². The number of rotatable bonds is 5. The van der Waals surface area contributed by atoms with Crippen LogP contribution in [0.15, 0.2) is 48.5 Å². The van der Waals surface area contributed by atoms with E-state index in [0.717, 1.165) is 34.1 Å². The Morgan fingerprint density at radius 3 is 2.53 bits per heavy atom. The summed E-state index contributed by atoms with van der Waals surface area (Å²) in [6.07, 6.45) is 0.238. The first-order valence-corrected chi connectivity index (χ1v) is 11.4. The molecule has 1 N–H and O–H groups in total. The van der Waals surface area contributed by atoms with Crippen molar-refractivity contribution >= 4 is 29.2 Å². The molecule has 0 aliphatic carbocycles. The van der Waals surface area contributed by atoms with Crippen LogP contribution in [-0.2, 0) is 20.7 Å². The van der Waals surface area contributed by atoms with Gasteiger partial charge in [0.15, 0.2) is 5.41 Å². The number of nitrogens with one attached hydrogen (secondary N) is 1. The number of piperazine rings is 1. The Morgan fingerprint density at radius 2 is 1.79 bits per heavy atom. The summed E-state index contributed by atoms with van der Waals surface area (Å²) in [6.45, 7) is 2.13. The van der Waals surface area contributed by atoms with Crippen LogP contribution >= 0.6 is 0 Å². The highest BCUT2D eigenvalue weighted by atomic mass is 16.5. The number of nitrogens with zero attached hydrogens (tertiary/aromatic N) is 3. The zero-order valence-electron chi connectivity index (χ0n) is 19.3. The molecule has 4 amide bonds. The van der Waals surface area contributed by atoms with Crippen LogP contribution in [0.1, 0.15) is 5.56 Å². The van der Waals surface area contributed by atoms with Gasteiger partial charge in [0.1, 0.15) is 5.75 Å². The van der Waals surface area contributed by atoms with Crippen molar-refractivity contribution in [3.63, 3.8) is 0 Å². The number of amides is 4. The highest BCUT2D eigenvalue weighted by molar-refractivity contribution is 6.20. The third-order valence-corrected chi connectivity index (χ3v) is 7.17. The first-order chi connectivity index (χ1) is 16.5. The van der Waals surface area contributed by atoms with Crippen molar-refractivity contribution < 1.29 is 23.9 Å². The van der Waals surface area contributed by atoms with Gasteiger partial charge in [0, 0.05) is 38.1 Å². The van der Waals surface area contributed by atoms with Crippen molar-refractivity contribution in [3.8, 4) is 5.75 Å². The van der Waals surface area contributed by atoms with Gasteiger partial charge in [-0.05, 0) is 42.3 Å². The molecule has 0 radical (unpaired) electrons. The Kier molecular flexibility index (Phi) is 5.65. The molecule has 2 saturated heterocycles. The summed E-state index contributed by atoms with van der Waals surface area (Å²) < 4.78 is 10.4. The fourth-order valence-corrected chi connectivity index (χ4v) is 5.42. The highest BCUT2D eigenvalue weighted by Gasteiger charge is 2.62. The summed E-state index contributed by atoms with van der Waals surface area (Å²) in [4.78, 5) is 45.5. The van der Waals surface area contributed by atoms with E-state index in [9.17, 15) is 14.4 Å². The predicted octanol–water partition coefficient (Wildman–Crippen LogP) is 1.66. The van der Waals surface area contributed by atoms with E-state index >= 15 is 0 Å². The molecule has 5 rings (SSSR count). The first-order valence-electron chi connectivity index (χ1n) is 11.4. The lowest BCUT2D eigenvalue weighted by Crippen LogP contribution is -2.75. The van der Waals surface area contributed by atoms with Gasteiger partial charge >= 0.3 is 6.03 Å². The van der Waals surface area contributed by atoms with Crippen LogP contribution < -0.4 is 19.9 Å². The number of anilines is 2. The molecule has 178 valence electrons. The predicted molar refractivity (Wildman–Crippen MR) is 126 cm³/mol. The fourth-order valence-electron chi connectivity index (χ4n) is 5.42. The van der Waals surface area contributed by atoms with Crippen LogP contribution in [0.2, 0.25) is 0 Å². The van der Waals surface area contributed by atoms with Crippen molar-refractivity contribution in [1.82, 2.24) is 10.2 Å². The Balaban J connectivity index is 1.57. The second kappa shape index (κ2) is 8.64. The number of urea groups is 1. The minimum absolute atomic E-state index is 0.0900. The number of imide groups is 2. The Morgan fingerprint density at radius 1 is 1.03 bits per heavy atom. The largest absolute Gasteiger partial charge is 0.497 e. The fraction of sp³-hybridized carbons (Fsp3) is 0.400. The van der Waals surface area contributed by atoms with E-state index < -0.39 is 29.3 Å². The average Bonchev–Trinajstić information content (AvgIpc) is 2.87. The quantitative estimate of drug-likeness (QED) is 0.673. The van der Waals surface area contributed by atoms with Gasteiger partial charge in [-0.25, -0.2) is 4.79 Å². The molecule has 2 unspecified atom stereocenters. The number of hydrogen-bond acceptors (Lipinski definition) is 7. The summed E-state index contributed by atoms with van der Waals surface area (Å²) >= 11 is 0. The molecule has 2 aromatic rings. The summed E-state index contributed by atoms with van der Waals surface area (Å²) in [6, 6.07) is 14.5. The molecule has 2 atom stereocenters. The van der Waals surface area contributed by atoms with Gasteiger partial charge in [0.25, 0.3) is 0 Å². The molecule has 1 spiro atoms. The second-order valence-corrected chi connectivity index (χ2v) is 8.84. The lowest BCUT2D eigenvalue weighted by molar-refractivity contribution is -0.154. The first kappa shape index (κ1) is 22.2. The molecule has 9 nitrogen and oxygen atoms in total. The van der Waals surface area contributed by atoms with Gasteiger partial charge in [-0.1, -0.05) is 18.2 Å². The molecule has 3 heterocycles. The summed E-state index contributed by atoms with van der Waals surface area (Å²) in [5.41, 5.74) is 1.54. The molecule has 3 aliphatic heterocycles. The molecule has 0 saturated carbocycles. The zero-order valence-corrected chi connectivity index (χ0v) is 19.3. The molecular weight excluding hydrogens is 436 g/mol. The van der Waals surface area contributed by atoms with Crippen molar-refractivity contribution in [2.75, 3.05) is 56.8 Å². The lowest BCUT2D eigenvalue weighted by atomic mass is 9.67. The van der Waals surface area contributed by atoms with Gasteiger partial charge < -0.3 is 19.3 Å². The molecule has 9 heteroatoms. The van der Waals surface area contributed by atoms with Crippen LogP contribution in [0.3, 0.4) is 0 Å². The van der Waals surface area contributed by atoms with Crippen molar-refractivity contribution in [3.05, 3.63) is 54.1 Å². The third kappa shape index (κ3) is 3.38. The van der Waals surface area contributed by atoms with Gasteiger partial charge in [-0.15, -0.1) is 0 Å². The van der Waals surface area contributed by atoms with Gasteiger partial charge in [-0.2, -0.15) is 0 Å². The molecule has 2 aromatic carbocycles. The molecular formula is C25H28N4O5. The number of hydrogen-bond donors (Lipinski definition) is 1. The summed E-state index contributed by atoms with van der Waals surface area (Å²) in [5.74, 6) is -0.226. The third-order valence-electron chi connectivity index (χ3n) is 7.17. The van der Waals surface area contributed by atoms with Gasteiger partial charge in [0.05, 0.1) is 26.3 Å². The van der Waals surface area contributed by atoms with E-state index in [-0.39, 0.29) is 19.6 Å². The van der Waals surface area contributed by atoms with Crippen LogP contribution in [0.5, 0.6) is 5.75 Å². The Hall–Kier alpha value is -3.59. The SMILES string of the molecule is COCCN1C(=O)NC(=O)C2(Cc3ccccc3N3CCN(c4ccc(OC)cc4)CC32)C1=O. The minimum Gasteiger partial charge on any atom is -0.497 e. The molecule has 0 bridgehead atoms. The van der Waals surface area contributed by atoms with E-state index in [4.69, 9.17) is 9.47 Å². The standard InChI is InChI=1S/C25H28N4O5/c1-33-14-13-29-23(31)25(22(30)26-24(29)32)15-17-5-3-4-6-20(17)28-12-11-27(16-21(25)28)18-7-9-19(34-2)10-8-18/h3-10,21H,11-16H2,1-2H3,(H,26,30,32). The van der Waals surface area contributed by atoms with E-state index in [1.807, 2.05) is 48.5 Å². The number of ether oxygens (including phenoxy) is 2. The zero-order chi connectivity index (χ0) is 23.9. The number of methoxy groups -OCH3 is 2. The van der Waals surface area contributed by atoms with E-state index in [0.29, 0.717) is 13.1 Å². The molecule has 2 fully saturated rings. The highest BCUT2D eigenvalue weighted by Crippen LogP contribution is 2.46. The number of benzene rings is 2. The minimum atomic E-state index is -1.42. The summed E-state index contributed by atoms with van der Waals surface area (Å²) in [5, 5.41) is 2.47. The van der Waals surface area contributed by atoms with Crippen molar-refractivity contribution in [2.24, 2.45) is 5.41 Å². The topological polar surface area (TPSA) is 91.4 Å². The second-order valence-electron chi connectivity index (χ2n) is 8.84. The monoisotopic (exact) mass is 464 g/mol. The molecule has 0 aromatic heterocycles. The summed E-state index contributed by atoms with van der Waals surface area (Å²) in [7, 11) is 3.14. The average molecular weight is 465 g/mol. The van der Waals surface area contributed by atoms with Gasteiger partial charge in [-0.3, -0.25) is 19.8 Å².